The molecule has 1 heterocycles. The van der Waals surface area contributed by atoms with Crippen molar-refractivity contribution in [1.29, 1.82) is 0 Å². The number of nitrogens with zero attached hydrogens (tertiary/aromatic N) is 1. The zero-order chi connectivity index (χ0) is 10.7. The first-order valence-corrected chi connectivity index (χ1v) is 4.73. The quantitative estimate of drug-likeness (QED) is 0.784. The number of aliphatic carboxylic acids is 1. The van der Waals surface area contributed by atoms with E-state index >= 15 is 0 Å². The molecule has 0 spiro atoms. The molecule has 0 amide bonds. The average Bonchev–Trinajstić information content (AvgIpc) is 2.11. The van der Waals surface area contributed by atoms with Crippen LogP contribution in [-0.2, 0) is 11.2 Å². The van der Waals surface area contributed by atoms with Gasteiger partial charge < -0.3 is 5.11 Å². The van der Waals surface area contributed by atoms with Crippen molar-refractivity contribution in [3.05, 3.63) is 28.5 Å². The summed E-state index contributed by atoms with van der Waals surface area (Å²) in [6, 6.07) is 3.65. The Kier molecular flexibility index (Phi) is 3.47. The third kappa shape index (κ3) is 2.70. The van der Waals surface area contributed by atoms with E-state index < -0.39 is 11.9 Å². The lowest BCUT2D eigenvalue weighted by atomic mass is 10.1. The van der Waals surface area contributed by atoms with Crippen molar-refractivity contribution >= 4 is 17.6 Å². The summed E-state index contributed by atoms with van der Waals surface area (Å²) in [5.41, 5.74) is 1.62. The van der Waals surface area contributed by atoms with E-state index in [1.807, 2.05) is 13.0 Å². The highest BCUT2D eigenvalue weighted by molar-refractivity contribution is 6.30. The van der Waals surface area contributed by atoms with Crippen molar-refractivity contribution in [2.45, 2.75) is 20.3 Å². The second-order valence-corrected chi connectivity index (χ2v) is 3.71. The van der Waals surface area contributed by atoms with Crippen LogP contribution in [0.15, 0.2) is 12.1 Å². The number of carboxylic acid groups (broad SMARTS) is 1. The van der Waals surface area contributed by atoms with Crippen LogP contribution in [0.1, 0.15) is 18.2 Å². The normalized spacial score (nSPS) is 12.5. The molecule has 0 aliphatic heterocycles. The van der Waals surface area contributed by atoms with Gasteiger partial charge in [-0.2, -0.15) is 0 Å². The summed E-state index contributed by atoms with van der Waals surface area (Å²) < 4.78 is 0. The van der Waals surface area contributed by atoms with Crippen LogP contribution in [0.2, 0.25) is 5.15 Å². The smallest absolute Gasteiger partial charge is 0.306 e. The lowest BCUT2D eigenvalue weighted by Crippen LogP contribution is -2.13. The molecule has 1 N–H and O–H groups in total. The molecule has 0 saturated carbocycles. The number of halogens is 1. The Bertz CT molecular complexity index is 352. The van der Waals surface area contributed by atoms with E-state index in [1.165, 1.54) is 0 Å². The van der Waals surface area contributed by atoms with Gasteiger partial charge in [0.15, 0.2) is 0 Å². The van der Waals surface area contributed by atoms with E-state index in [9.17, 15) is 4.79 Å². The van der Waals surface area contributed by atoms with Crippen LogP contribution in [0, 0.1) is 12.8 Å². The largest absolute Gasteiger partial charge is 0.481 e. The van der Waals surface area contributed by atoms with Gasteiger partial charge in [-0.25, -0.2) is 4.98 Å². The Balaban J connectivity index is 2.78. The lowest BCUT2D eigenvalue weighted by molar-refractivity contribution is -0.141. The van der Waals surface area contributed by atoms with E-state index in [2.05, 4.69) is 4.98 Å². The first kappa shape index (κ1) is 11.0. The number of hydrogen-bond donors (Lipinski definition) is 1. The molecule has 1 aromatic rings. The molecule has 76 valence electrons. The SMILES string of the molecule is Cc1ccc(CC(C)C(=O)O)nc1Cl. The van der Waals surface area contributed by atoms with Gasteiger partial charge in [0.05, 0.1) is 5.92 Å². The number of hydrogen-bond acceptors (Lipinski definition) is 2. The summed E-state index contributed by atoms with van der Waals surface area (Å²) in [6.45, 7) is 3.51. The van der Waals surface area contributed by atoms with Gasteiger partial charge in [-0.1, -0.05) is 24.6 Å². The van der Waals surface area contributed by atoms with E-state index in [0.29, 0.717) is 11.6 Å². The van der Waals surface area contributed by atoms with Gasteiger partial charge in [-0.15, -0.1) is 0 Å². The summed E-state index contributed by atoms with van der Waals surface area (Å²) in [5, 5.41) is 9.15. The fourth-order valence-electron chi connectivity index (χ4n) is 1.06. The van der Waals surface area contributed by atoms with E-state index in [0.717, 1.165) is 11.3 Å². The number of aryl methyl sites for hydroxylation is 1. The number of rotatable bonds is 3. The predicted molar refractivity (Wildman–Crippen MR) is 54.5 cm³/mol. The molecule has 1 atom stereocenters. The number of carboxylic acids is 1. The van der Waals surface area contributed by atoms with Crippen LogP contribution in [0.5, 0.6) is 0 Å². The van der Waals surface area contributed by atoms with Crippen LogP contribution in [-0.4, -0.2) is 16.1 Å². The van der Waals surface area contributed by atoms with Crippen LogP contribution >= 0.6 is 11.6 Å². The molecule has 3 nitrogen and oxygen atoms in total. The Morgan fingerprint density at radius 1 is 1.64 bits per heavy atom. The first-order valence-electron chi connectivity index (χ1n) is 4.35. The van der Waals surface area contributed by atoms with Crippen LogP contribution < -0.4 is 0 Å². The molecule has 0 aliphatic rings. The lowest BCUT2D eigenvalue weighted by Gasteiger charge is -2.06. The minimum Gasteiger partial charge on any atom is -0.481 e. The van der Waals surface area contributed by atoms with Crippen molar-refractivity contribution in [3.8, 4) is 0 Å². The number of aromatic nitrogens is 1. The minimum atomic E-state index is -0.816. The molecule has 1 unspecified atom stereocenters. The van der Waals surface area contributed by atoms with Crippen molar-refractivity contribution < 1.29 is 9.90 Å². The standard InChI is InChI=1S/C10H12ClNO2/c1-6-3-4-8(12-9(6)11)5-7(2)10(13)14/h3-4,7H,5H2,1-2H3,(H,13,14). The maximum Gasteiger partial charge on any atom is 0.306 e. The molecular formula is C10H12ClNO2. The van der Waals surface area contributed by atoms with Crippen molar-refractivity contribution in [3.63, 3.8) is 0 Å². The molecule has 0 aromatic carbocycles. The Morgan fingerprint density at radius 2 is 2.29 bits per heavy atom. The second kappa shape index (κ2) is 4.42. The van der Waals surface area contributed by atoms with Crippen molar-refractivity contribution in [1.82, 2.24) is 4.98 Å². The van der Waals surface area contributed by atoms with Crippen LogP contribution in [0.25, 0.3) is 0 Å². The summed E-state index contributed by atoms with van der Waals surface area (Å²) in [5.74, 6) is -1.25. The third-order valence-electron chi connectivity index (χ3n) is 2.03. The summed E-state index contributed by atoms with van der Waals surface area (Å²) in [6.07, 6.45) is 0.412. The number of carbonyl (C=O) groups is 1. The molecule has 1 rings (SSSR count). The van der Waals surface area contributed by atoms with Crippen LogP contribution in [0.4, 0.5) is 0 Å². The summed E-state index contributed by atoms with van der Waals surface area (Å²) >= 11 is 5.82. The predicted octanol–water partition coefficient (Wildman–Crippen LogP) is 2.31. The summed E-state index contributed by atoms with van der Waals surface area (Å²) in [4.78, 5) is 14.7. The Hall–Kier alpha value is -1.09. The highest BCUT2D eigenvalue weighted by atomic mass is 35.5. The van der Waals surface area contributed by atoms with Gasteiger partial charge in [-0.05, 0) is 18.6 Å². The van der Waals surface area contributed by atoms with E-state index in [4.69, 9.17) is 16.7 Å². The zero-order valence-corrected chi connectivity index (χ0v) is 8.88. The molecule has 14 heavy (non-hydrogen) atoms. The Labute approximate surface area is 87.7 Å². The Morgan fingerprint density at radius 3 is 2.79 bits per heavy atom. The second-order valence-electron chi connectivity index (χ2n) is 3.35. The van der Waals surface area contributed by atoms with E-state index in [1.54, 1.807) is 13.0 Å². The first-order chi connectivity index (χ1) is 6.50. The molecule has 0 bridgehead atoms. The van der Waals surface area contributed by atoms with Gasteiger partial charge in [0.2, 0.25) is 0 Å². The van der Waals surface area contributed by atoms with E-state index in [-0.39, 0.29) is 0 Å². The minimum absolute atomic E-state index is 0.412. The molecule has 0 radical (unpaired) electrons. The maximum absolute atomic E-state index is 10.6. The van der Waals surface area contributed by atoms with Gasteiger partial charge in [0.25, 0.3) is 0 Å². The fraction of sp³-hybridized carbons (Fsp3) is 0.400. The third-order valence-corrected chi connectivity index (χ3v) is 2.41. The monoisotopic (exact) mass is 213 g/mol. The molecule has 1 aromatic heterocycles. The molecule has 0 fully saturated rings. The zero-order valence-electron chi connectivity index (χ0n) is 8.12. The van der Waals surface area contributed by atoms with Crippen molar-refractivity contribution in [2.24, 2.45) is 5.92 Å². The average molecular weight is 214 g/mol. The topological polar surface area (TPSA) is 50.2 Å². The maximum atomic E-state index is 10.6. The molecular weight excluding hydrogens is 202 g/mol. The van der Waals surface area contributed by atoms with Gasteiger partial charge in [0, 0.05) is 12.1 Å². The fourth-order valence-corrected chi connectivity index (χ4v) is 1.23. The highest BCUT2D eigenvalue weighted by Gasteiger charge is 2.12. The molecule has 0 saturated heterocycles. The van der Waals surface area contributed by atoms with Gasteiger partial charge in [0.1, 0.15) is 5.15 Å². The molecule has 4 heteroatoms. The van der Waals surface area contributed by atoms with Crippen LogP contribution in [0.3, 0.4) is 0 Å². The van der Waals surface area contributed by atoms with Gasteiger partial charge >= 0.3 is 5.97 Å². The number of pyridine rings is 1. The van der Waals surface area contributed by atoms with Gasteiger partial charge in [-0.3, -0.25) is 4.79 Å². The highest BCUT2D eigenvalue weighted by Crippen LogP contribution is 2.14. The molecule has 0 aliphatic carbocycles. The summed E-state index contributed by atoms with van der Waals surface area (Å²) in [7, 11) is 0. The van der Waals surface area contributed by atoms with Crippen molar-refractivity contribution in [2.75, 3.05) is 0 Å².